The van der Waals surface area contributed by atoms with Gasteiger partial charge in [-0.15, -0.1) is 11.6 Å². The van der Waals surface area contributed by atoms with Gasteiger partial charge in [0.1, 0.15) is 11.3 Å². The molecule has 2 heterocycles. The molecule has 114 valence electrons. The fourth-order valence-electron chi connectivity index (χ4n) is 2.60. The molecule has 1 fully saturated rings. The average Bonchev–Trinajstić information content (AvgIpc) is 3.11. The number of fused-ring (bicyclic) bond motifs is 1. The zero-order valence-electron chi connectivity index (χ0n) is 12.4. The number of nitrogens with zero attached hydrogens (tertiary/aromatic N) is 4. The highest BCUT2D eigenvalue weighted by molar-refractivity contribution is 6.16. The van der Waals surface area contributed by atoms with Crippen molar-refractivity contribution in [1.82, 2.24) is 24.6 Å². The number of alkyl halides is 1. The summed E-state index contributed by atoms with van der Waals surface area (Å²) in [4.78, 5) is 16.5. The topological polar surface area (TPSA) is 64.7 Å². The van der Waals surface area contributed by atoms with E-state index in [1.54, 1.807) is 0 Å². The molecule has 1 aliphatic carbocycles. The highest BCUT2D eigenvalue weighted by atomic mass is 35.5. The van der Waals surface area contributed by atoms with Gasteiger partial charge in [0.15, 0.2) is 5.65 Å². The standard InChI is InChI=1S/C14H20ClN5O/c1-3-10-13-14(19(2)18-10)20(11(8-15)17-13)7-6-12(21)16-9-4-5-9/h9H,3-8H2,1-2H3,(H,16,21). The summed E-state index contributed by atoms with van der Waals surface area (Å²) < 4.78 is 3.84. The van der Waals surface area contributed by atoms with E-state index in [1.165, 1.54) is 0 Å². The number of aromatic nitrogens is 4. The van der Waals surface area contributed by atoms with E-state index in [0.29, 0.717) is 24.9 Å². The van der Waals surface area contributed by atoms with Gasteiger partial charge in [-0.3, -0.25) is 9.48 Å². The number of amides is 1. The van der Waals surface area contributed by atoms with Gasteiger partial charge in [-0.05, 0) is 19.3 Å². The van der Waals surface area contributed by atoms with E-state index in [-0.39, 0.29) is 5.91 Å². The molecule has 2 aromatic heterocycles. The highest BCUT2D eigenvalue weighted by Crippen LogP contribution is 2.22. The summed E-state index contributed by atoms with van der Waals surface area (Å²) in [7, 11) is 1.90. The fraction of sp³-hybridized carbons (Fsp3) is 0.643. The zero-order valence-corrected chi connectivity index (χ0v) is 13.2. The van der Waals surface area contributed by atoms with E-state index in [0.717, 1.165) is 41.9 Å². The van der Waals surface area contributed by atoms with Crippen molar-refractivity contribution in [3.05, 3.63) is 11.5 Å². The summed E-state index contributed by atoms with van der Waals surface area (Å²) in [5, 5.41) is 7.48. The van der Waals surface area contributed by atoms with Gasteiger partial charge >= 0.3 is 0 Å². The molecule has 0 saturated heterocycles. The molecule has 0 bridgehead atoms. The Hall–Kier alpha value is -1.56. The first-order chi connectivity index (χ1) is 10.1. The van der Waals surface area contributed by atoms with Crippen LogP contribution >= 0.6 is 11.6 Å². The number of carbonyl (C=O) groups excluding carboxylic acids is 1. The number of hydrogen-bond acceptors (Lipinski definition) is 3. The predicted molar refractivity (Wildman–Crippen MR) is 81.2 cm³/mol. The zero-order chi connectivity index (χ0) is 15.0. The number of imidazole rings is 1. The maximum atomic E-state index is 11.9. The lowest BCUT2D eigenvalue weighted by Gasteiger charge is -2.08. The van der Waals surface area contributed by atoms with E-state index in [9.17, 15) is 4.79 Å². The molecule has 0 aliphatic heterocycles. The largest absolute Gasteiger partial charge is 0.353 e. The summed E-state index contributed by atoms with van der Waals surface area (Å²) in [5.41, 5.74) is 2.82. The van der Waals surface area contributed by atoms with Gasteiger partial charge in [0.25, 0.3) is 0 Å². The van der Waals surface area contributed by atoms with Crippen LogP contribution in [0.5, 0.6) is 0 Å². The maximum Gasteiger partial charge on any atom is 0.222 e. The third kappa shape index (κ3) is 2.77. The molecule has 0 aromatic carbocycles. The van der Waals surface area contributed by atoms with Crippen molar-refractivity contribution < 1.29 is 4.79 Å². The highest BCUT2D eigenvalue weighted by Gasteiger charge is 2.23. The van der Waals surface area contributed by atoms with E-state index in [2.05, 4.69) is 22.3 Å². The molecule has 1 N–H and O–H groups in total. The van der Waals surface area contributed by atoms with Crippen LogP contribution in [0.4, 0.5) is 0 Å². The molecule has 3 rings (SSSR count). The minimum atomic E-state index is 0.0951. The Labute approximate surface area is 128 Å². The molecule has 7 heteroatoms. The number of nitrogens with one attached hydrogen (secondary N) is 1. The molecule has 0 radical (unpaired) electrons. The summed E-state index contributed by atoms with van der Waals surface area (Å²) in [6.45, 7) is 2.64. The van der Waals surface area contributed by atoms with E-state index >= 15 is 0 Å². The van der Waals surface area contributed by atoms with Crippen molar-refractivity contribution in [3.63, 3.8) is 0 Å². The van der Waals surface area contributed by atoms with Crippen LogP contribution in [0.15, 0.2) is 0 Å². The van der Waals surface area contributed by atoms with Crippen LogP contribution in [0.3, 0.4) is 0 Å². The van der Waals surface area contributed by atoms with Gasteiger partial charge in [0.2, 0.25) is 5.91 Å². The first-order valence-corrected chi connectivity index (χ1v) is 7.93. The summed E-state index contributed by atoms with van der Waals surface area (Å²) in [6, 6.07) is 0.399. The molecule has 1 saturated carbocycles. The molecule has 0 spiro atoms. The minimum Gasteiger partial charge on any atom is -0.353 e. The Morgan fingerprint density at radius 1 is 1.48 bits per heavy atom. The van der Waals surface area contributed by atoms with Gasteiger partial charge in [0.05, 0.1) is 11.6 Å². The SMILES string of the molecule is CCc1nn(C)c2c1nc(CCl)n2CCC(=O)NC1CC1. The molecule has 1 aliphatic rings. The lowest BCUT2D eigenvalue weighted by atomic mass is 10.3. The first-order valence-electron chi connectivity index (χ1n) is 7.40. The van der Waals surface area contributed by atoms with Crippen LogP contribution in [-0.4, -0.2) is 31.3 Å². The molecular weight excluding hydrogens is 290 g/mol. The third-order valence-electron chi connectivity index (χ3n) is 3.83. The van der Waals surface area contributed by atoms with Crippen LogP contribution in [0.2, 0.25) is 0 Å². The van der Waals surface area contributed by atoms with E-state index in [1.807, 2.05) is 16.3 Å². The molecule has 21 heavy (non-hydrogen) atoms. The Balaban J connectivity index is 1.85. The third-order valence-corrected chi connectivity index (χ3v) is 4.07. The maximum absolute atomic E-state index is 11.9. The van der Waals surface area contributed by atoms with Crippen LogP contribution in [0.1, 0.15) is 37.7 Å². The Bertz CT molecular complexity index is 670. The molecule has 0 unspecified atom stereocenters. The second kappa shape index (κ2) is 5.67. The van der Waals surface area contributed by atoms with E-state index in [4.69, 9.17) is 11.6 Å². The molecule has 2 aromatic rings. The number of rotatable bonds is 6. The monoisotopic (exact) mass is 309 g/mol. The average molecular weight is 310 g/mol. The second-order valence-corrected chi connectivity index (χ2v) is 5.77. The van der Waals surface area contributed by atoms with Crippen molar-refractivity contribution in [2.24, 2.45) is 7.05 Å². The van der Waals surface area contributed by atoms with Crippen LogP contribution < -0.4 is 5.32 Å². The van der Waals surface area contributed by atoms with Crippen molar-refractivity contribution in [2.45, 2.75) is 51.1 Å². The van der Waals surface area contributed by atoms with Gasteiger partial charge in [-0.25, -0.2) is 4.98 Å². The molecular formula is C14H20ClN5O. The number of aryl methyl sites for hydroxylation is 3. The van der Waals surface area contributed by atoms with Crippen LogP contribution in [0.25, 0.3) is 11.2 Å². The normalized spacial score (nSPS) is 14.8. The quantitative estimate of drug-likeness (QED) is 0.827. The number of halogens is 1. The van der Waals surface area contributed by atoms with Crippen LogP contribution in [-0.2, 0) is 30.7 Å². The summed E-state index contributed by atoms with van der Waals surface area (Å²) in [6.07, 6.45) is 3.49. The van der Waals surface area contributed by atoms with Crippen molar-refractivity contribution in [1.29, 1.82) is 0 Å². The Morgan fingerprint density at radius 2 is 2.24 bits per heavy atom. The molecule has 6 nitrogen and oxygen atoms in total. The Kier molecular flexibility index (Phi) is 3.89. The smallest absolute Gasteiger partial charge is 0.222 e. The van der Waals surface area contributed by atoms with Gasteiger partial charge in [-0.1, -0.05) is 6.92 Å². The lowest BCUT2D eigenvalue weighted by Crippen LogP contribution is -2.26. The van der Waals surface area contributed by atoms with E-state index < -0.39 is 0 Å². The van der Waals surface area contributed by atoms with Gasteiger partial charge < -0.3 is 9.88 Å². The summed E-state index contributed by atoms with van der Waals surface area (Å²) >= 11 is 6.00. The fourth-order valence-corrected chi connectivity index (χ4v) is 2.81. The second-order valence-electron chi connectivity index (χ2n) is 5.50. The minimum absolute atomic E-state index is 0.0951. The van der Waals surface area contributed by atoms with Crippen molar-refractivity contribution in [3.8, 4) is 0 Å². The predicted octanol–water partition coefficient (Wildman–Crippen LogP) is 1.74. The number of carbonyl (C=O) groups is 1. The number of hydrogen-bond donors (Lipinski definition) is 1. The molecule has 1 amide bonds. The lowest BCUT2D eigenvalue weighted by molar-refractivity contribution is -0.121. The molecule has 0 atom stereocenters. The van der Waals surface area contributed by atoms with Crippen molar-refractivity contribution >= 4 is 28.7 Å². The summed E-state index contributed by atoms with van der Waals surface area (Å²) in [5.74, 6) is 1.23. The van der Waals surface area contributed by atoms with Crippen molar-refractivity contribution in [2.75, 3.05) is 0 Å². The first kappa shape index (κ1) is 14.4. The van der Waals surface area contributed by atoms with Crippen LogP contribution in [0, 0.1) is 0 Å². The Morgan fingerprint density at radius 3 is 2.86 bits per heavy atom. The van der Waals surface area contributed by atoms with Gasteiger partial charge in [0, 0.05) is 26.1 Å². The van der Waals surface area contributed by atoms with Gasteiger partial charge in [-0.2, -0.15) is 5.10 Å².